The first-order chi connectivity index (χ1) is 9.21. The molecule has 0 aliphatic carbocycles. The fraction of sp³-hybridized carbons (Fsp3) is 0.385. The summed E-state index contributed by atoms with van der Waals surface area (Å²) in [6, 6.07) is 4.71. The van der Waals surface area contributed by atoms with Gasteiger partial charge in [-0.1, -0.05) is 0 Å². The van der Waals surface area contributed by atoms with E-state index in [1.807, 2.05) is 18.4 Å². The third kappa shape index (κ3) is 2.52. The molecule has 2 aromatic rings. The number of rotatable bonds is 5. The van der Waals surface area contributed by atoms with Gasteiger partial charge < -0.3 is 10.1 Å². The van der Waals surface area contributed by atoms with Crippen LogP contribution >= 0.6 is 0 Å². The first-order valence-electron chi connectivity index (χ1n) is 6.22. The van der Waals surface area contributed by atoms with E-state index in [4.69, 9.17) is 4.74 Å². The summed E-state index contributed by atoms with van der Waals surface area (Å²) in [6.45, 7) is 5.34. The van der Waals surface area contributed by atoms with Crippen molar-refractivity contribution in [2.75, 3.05) is 19.0 Å². The molecule has 0 saturated carbocycles. The van der Waals surface area contributed by atoms with E-state index in [9.17, 15) is 4.39 Å². The summed E-state index contributed by atoms with van der Waals surface area (Å²) in [5.41, 5.74) is 0.416. The zero-order valence-corrected chi connectivity index (χ0v) is 11.3. The Kier molecular flexibility index (Phi) is 3.99. The van der Waals surface area contributed by atoms with Crippen LogP contribution in [0.5, 0.6) is 5.75 Å². The van der Waals surface area contributed by atoms with Gasteiger partial charge in [-0.3, -0.25) is 4.57 Å². The highest BCUT2D eigenvalue weighted by Crippen LogP contribution is 2.26. The Morgan fingerprint density at radius 3 is 2.68 bits per heavy atom. The van der Waals surface area contributed by atoms with E-state index in [0.717, 1.165) is 6.54 Å². The van der Waals surface area contributed by atoms with E-state index in [0.29, 0.717) is 29.6 Å². The van der Waals surface area contributed by atoms with Gasteiger partial charge in [0.05, 0.1) is 12.7 Å². The van der Waals surface area contributed by atoms with Gasteiger partial charge in [-0.25, -0.2) is 4.39 Å². The minimum Gasteiger partial charge on any atom is -0.497 e. The molecular weight excluding hydrogens is 247 g/mol. The lowest BCUT2D eigenvalue weighted by Gasteiger charge is -2.09. The van der Waals surface area contributed by atoms with Gasteiger partial charge in [-0.05, 0) is 26.0 Å². The topological polar surface area (TPSA) is 52.0 Å². The lowest BCUT2D eigenvalue weighted by molar-refractivity contribution is 0.411. The summed E-state index contributed by atoms with van der Waals surface area (Å²) in [5, 5.41) is 11.2. The summed E-state index contributed by atoms with van der Waals surface area (Å²) >= 11 is 0. The van der Waals surface area contributed by atoms with Gasteiger partial charge in [0, 0.05) is 19.2 Å². The van der Waals surface area contributed by atoms with E-state index in [-0.39, 0.29) is 5.82 Å². The average molecular weight is 264 g/mol. The Balaban J connectivity index is 2.46. The minimum absolute atomic E-state index is 0.371. The lowest BCUT2D eigenvalue weighted by atomic mass is 10.2. The van der Waals surface area contributed by atoms with Gasteiger partial charge in [0.25, 0.3) is 0 Å². The molecule has 0 spiro atoms. The van der Waals surface area contributed by atoms with Crippen molar-refractivity contribution in [3.63, 3.8) is 0 Å². The summed E-state index contributed by atoms with van der Waals surface area (Å²) in [7, 11) is 1.51. The summed E-state index contributed by atoms with van der Waals surface area (Å²) in [5.74, 6) is 1.27. The molecule has 0 amide bonds. The van der Waals surface area contributed by atoms with E-state index in [2.05, 4.69) is 15.5 Å². The van der Waals surface area contributed by atoms with E-state index < -0.39 is 0 Å². The number of methoxy groups -OCH3 is 1. The normalized spacial score (nSPS) is 10.5. The Hall–Kier alpha value is -2.11. The summed E-state index contributed by atoms with van der Waals surface area (Å²) in [4.78, 5) is 0. The number of benzene rings is 1. The monoisotopic (exact) mass is 264 g/mol. The maximum Gasteiger partial charge on any atom is 0.224 e. The van der Waals surface area contributed by atoms with Crippen LogP contribution in [-0.4, -0.2) is 28.4 Å². The second-order valence-corrected chi connectivity index (χ2v) is 3.97. The lowest BCUT2D eigenvalue weighted by Crippen LogP contribution is -2.07. The summed E-state index contributed by atoms with van der Waals surface area (Å²) in [6.07, 6.45) is 0. The van der Waals surface area contributed by atoms with E-state index in [1.165, 1.54) is 13.2 Å². The predicted octanol–water partition coefficient (Wildman–Crippen LogP) is 2.54. The molecule has 0 atom stereocenters. The van der Waals surface area contributed by atoms with Gasteiger partial charge in [0.2, 0.25) is 5.95 Å². The standard InChI is InChI=1S/C13H17FN4O/c1-4-15-13-17-16-12(18(13)5-2)10-7-6-9(19-3)8-11(10)14/h6-8H,4-5H2,1-3H3,(H,15,17). The molecule has 1 N–H and O–H groups in total. The Morgan fingerprint density at radius 2 is 2.11 bits per heavy atom. The first kappa shape index (κ1) is 13.3. The summed E-state index contributed by atoms with van der Waals surface area (Å²) < 4.78 is 20.9. The van der Waals surface area contributed by atoms with E-state index in [1.54, 1.807) is 12.1 Å². The van der Waals surface area contributed by atoms with Crippen LogP contribution in [0.25, 0.3) is 11.4 Å². The van der Waals surface area contributed by atoms with Crippen LogP contribution in [0.1, 0.15) is 13.8 Å². The molecule has 102 valence electrons. The zero-order chi connectivity index (χ0) is 13.8. The SMILES string of the molecule is CCNc1nnc(-c2ccc(OC)cc2F)n1CC. The van der Waals surface area contributed by atoms with Crippen molar-refractivity contribution < 1.29 is 9.13 Å². The van der Waals surface area contributed by atoms with Gasteiger partial charge >= 0.3 is 0 Å². The van der Waals surface area contributed by atoms with Gasteiger partial charge in [-0.2, -0.15) is 0 Å². The Bertz CT molecular complexity index is 568. The third-order valence-electron chi connectivity index (χ3n) is 2.82. The molecule has 19 heavy (non-hydrogen) atoms. The number of anilines is 1. The third-order valence-corrected chi connectivity index (χ3v) is 2.82. The van der Waals surface area contributed by atoms with Crippen LogP contribution < -0.4 is 10.1 Å². The van der Waals surface area contributed by atoms with Crippen molar-refractivity contribution in [2.45, 2.75) is 20.4 Å². The molecular formula is C13H17FN4O. The van der Waals surface area contributed by atoms with E-state index >= 15 is 0 Å². The predicted molar refractivity (Wildman–Crippen MR) is 71.8 cm³/mol. The number of ether oxygens (including phenoxy) is 1. The van der Waals surface area contributed by atoms with Crippen LogP contribution in [0, 0.1) is 5.82 Å². The molecule has 0 bridgehead atoms. The fourth-order valence-electron chi connectivity index (χ4n) is 1.89. The maximum atomic E-state index is 14.1. The Labute approximate surface area is 111 Å². The molecule has 0 aliphatic heterocycles. The largest absolute Gasteiger partial charge is 0.497 e. The number of aromatic nitrogens is 3. The highest BCUT2D eigenvalue weighted by molar-refractivity contribution is 5.59. The van der Waals surface area contributed by atoms with Crippen LogP contribution in [0.15, 0.2) is 18.2 Å². The van der Waals surface area contributed by atoms with Crippen LogP contribution in [0.3, 0.4) is 0 Å². The molecule has 6 heteroatoms. The first-order valence-corrected chi connectivity index (χ1v) is 6.22. The molecule has 1 heterocycles. The van der Waals surface area contributed by atoms with Crippen molar-refractivity contribution in [2.24, 2.45) is 0 Å². The molecule has 0 fully saturated rings. The molecule has 5 nitrogen and oxygen atoms in total. The van der Waals surface area contributed by atoms with Crippen molar-refractivity contribution >= 4 is 5.95 Å². The molecule has 1 aromatic heterocycles. The number of halogens is 1. The average Bonchev–Trinajstić information content (AvgIpc) is 2.81. The number of hydrogen-bond acceptors (Lipinski definition) is 4. The van der Waals surface area contributed by atoms with Crippen LogP contribution in [-0.2, 0) is 6.54 Å². The highest BCUT2D eigenvalue weighted by atomic mass is 19.1. The maximum absolute atomic E-state index is 14.1. The zero-order valence-electron chi connectivity index (χ0n) is 11.3. The second-order valence-electron chi connectivity index (χ2n) is 3.97. The van der Waals surface area contributed by atoms with Crippen molar-refractivity contribution in [3.05, 3.63) is 24.0 Å². The van der Waals surface area contributed by atoms with Crippen molar-refractivity contribution in [1.82, 2.24) is 14.8 Å². The van der Waals surface area contributed by atoms with Gasteiger partial charge in [0.15, 0.2) is 5.82 Å². The molecule has 0 unspecified atom stereocenters. The quantitative estimate of drug-likeness (QED) is 0.901. The van der Waals surface area contributed by atoms with Gasteiger partial charge in [-0.15, -0.1) is 10.2 Å². The van der Waals surface area contributed by atoms with Crippen LogP contribution in [0.2, 0.25) is 0 Å². The highest BCUT2D eigenvalue weighted by Gasteiger charge is 2.16. The minimum atomic E-state index is -0.371. The number of nitrogens with zero attached hydrogens (tertiary/aromatic N) is 3. The molecule has 2 rings (SSSR count). The fourth-order valence-corrected chi connectivity index (χ4v) is 1.89. The van der Waals surface area contributed by atoms with Crippen molar-refractivity contribution in [1.29, 1.82) is 0 Å². The van der Waals surface area contributed by atoms with Gasteiger partial charge in [0.1, 0.15) is 11.6 Å². The molecule has 0 saturated heterocycles. The second kappa shape index (κ2) is 5.69. The molecule has 1 aromatic carbocycles. The smallest absolute Gasteiger partial charge is 0.224 e. The number of hydrogen-bond donors (Lipinski definition) is 1. The molecule has 0 aliphatic rings. The van der Waals surface area contributed by atoms with Crippen molar-refractivity contribution in [3.8, 4) is 17.1 Å². The van der Waals surface area contributed by atoms with Crippen LogP contribution in [0.4, 0.5) is 10.3 Å². The molecule has 0 radical (unpaired) electrons. The Morgan fingerprint density at radius 1 is 1.32 bits per heavy atom. The number of nitrogens with one attached hydrogen (secondary N) is 1.